The van der Waals surface area contributed by atoms with Crippen molar-refractivity contribution in [2.24, 2.45) is 5.41 Å². The van der Waals surface area contributed by atoms with Gasteiger partial charge in [-0.3, -0.25) is 4.79 Å². The van der Waals surface area contributed by atoms with E-state index in [4.69, 9.17) is 38.0 Å². The van der Waals surface area contributed by atoms with E-state index in [1.165, 1.54) is 0 Å². The first-order valence-corrected chi connectivity index (χ1v) is 11.7. The van der Waals surface area contributed by atoms with Crippen molar-refractivity contribution in [1.29, 1.82) is 0 Å². The third-order valence-corrected chi connectivity index (χ3v) is 6.87. The molecule has 2 heterocycles. The summed E-state index contributed by atoms with van der Waals surface area (Å²) in [6.45, 7) is 6.75. The number of hydrogen-bond donors (Lipinski definition) is 1. The van der Waals surface area contributed by atoms with Crippen LogP contribution in [0.3, 0.4) is 0 Å². The third-order valence-electron chi connectivity index (χ3n) is 6.03. The number of nitrogens with one attached hydrogen (secondary N) is 1. The first-order chi connectivity index (χ1) is 15.8. The van der Waals surface area contributed by atoms with Gasteiger partial charge in [-0.25, -0.2) is 4.68 Å². The van der Waals surface area contributed by atoms with E-state index in [0.29, 0.717) is 40.4 Å². The molecule has 8 heteroatoms. The van der Waals surface area contributed by atoms with Crippen molar-refractivity contribution in [3.8, 4) is 17.1 Å². The van der Waals surface area contributed by atoms with Crippen molar-refractivity contribution >= 4 is 34.9 Å². The number of anilines is 1. The molecule has 1 aliphatic carbocycles. The van der Waals surface area contributed by atoms with Gasteiger partial charge in [0.1, 0.15) is 11.8 Å². The molecular weight excluding hydrogens is 459 g/mol. The van der Waals surface area contributed by atoms with Gasteiger partial charge in [0, 0.05) is 28.8 Å². The van der Waals surface area contributed by atoms with Crippen molar-refractivity contribution in [3.05, 3.63) is 69.3 Å². The van der Waals surface area contributed by atoms with Crippen LogP contribution in [0.1, 0.15) is 45.2 Å². The lowest BCUT2D eigenvalue weighted by molar-refractivity contribution is -0.118. The quantitative estimate of drug-likeness (QED) is 0.471. The van der Waals surface area contributed by atoms with Crippen molar-refractivity contribution in [2.45, 2.75) is 39.7 Å². The van der Waals surface area contributed by atoms with E-state index in [1.807, 2.05) is 43.3 Å². The maximum atomic E-state index is 13.4. The normalized spacial score (nSPS) is 19.1. The van der Waals surface area contributed by atoms with E-state index in [1.54, 1.807) is 10.7 Å². The minimum Gasteiger partial charge on any atom is -0.494 e. The fourth-order valence-corrected chi connectivity index (χ4v) is 5.03. The molecule has 1 N–H and O–H groups in total. The second-order valence-corrected chi connectivity index (χ2v) is 9.95. The molecule has 0 amide bonds. The van der Waals surface area contributed by atoms with Crippen molar-refractivity contribution in [2.75, 3.05) is 11.9 Å². The van der Waals surface area contributed by atoms with E-state index < -0.39 is 6.04 Å². The number of ketones is 1. The fourth-order valence-electron chi connectivity index (χ4n) is 4.62. The lowest BCUT2D eigenvalue weighted by atomic mass is 9.73. The molecule has 0 saturated carbocycles. The Bertz CT molecular complexity index is 1280. The molecule has 0 bridgehead atoms. The zero-order valence-electron chi connectivity index (χ0n) is 18.7. The average molecular weight is 483 g/mol. The number of hydrogen-bond acceptors (Lipinski definition) is 5. The SMILES string of the molecule is CCOc1ccc(-c2nc3n(n2)C(c2cccc(Cl)c2Cl)C2=C(CC(C)(C)CC2=O)N3)cc1. The zero-order valence-corrected chi connectivity index (χ0v) is 20.2. The monoisotopic (exact) mass is 482 g/mol. The summed E-state index contributed by atoms with van der Waals surface area (Å²) in [5.74, 6) is 2.00. The molecule has 1 aromatic heterocycles. The Labute approximate surface area is 202 Å². The Balaban J connectivity index is 1.65. The number of aromatic nitrogens is 3. The molecule has 2 aliphatic rings. The van der Waals surface area contributed by atoms with Crippen LogP contribution in [0.5, 0.6) is 5.75 Å². The van der Waals surface area contributed by atoms with Crippen LogP contribution in [0, 0.1) is 5.41 Å². The van der Waals surface area contributed by atoms with Crippen LogP contribution < -0.4 is 10.1 Å². The summed E-state index contributed by atoms with van der Waals surface area (Å²) >= 11 is 13.0. The number of ether oxygens (including phenoxy) is 1. The van der Waals surface area contributed by atoms with E-state index >= 15 is 0 Å². The number of Topliss-reactive ketones (excluding diaryl/α,β-unsaturated/α-hetero) is 1. The number of allylic oxidation sites excluding steroid dienone is 2. The van der Waals surface area contributed by atoms with Gasteiger partial charge in [-0.2, -0.15) is 4.98 Å². The Morgan fingerprint density at radius 2 is 1.91 bits per heavy atom. The Kier molecular flexibility index (Phi) is 5.46. The van der Waals surface area contributed by atoms with E-state index in [2.05, 4.69) is 19.2 Å². The summed E-state index contributed by atoms with van der Waals surface area (Å²) in [7, 11) is 0. The highest BCUT2D eigenvalue weighted by atomic mass is 35.5. The highest BCUT2D eigenvalue weighted by molar-refractivity contribution is 6.42. The van der Waals surface area contributed by atoms with Crippen LogP contribution in [0.4, 0.5) is 5.95 Å². The van der Waals surface area contributed by atoms with Gasteiger partial charge in [-0.15, -0.1) is 5.10 Å². The molecule has 33 heavy (non-hydrogen) atoms. The van der Waals surface area contributed by atoms with E-state index in [-0.39, 0.29) is 11.2 Å². The lowest BCUT2D eigenvalue weighted by Crippen LogP contribution is -2.36. The first-order valence-electron chi connectivity index (χ1n) is 10.9. The van der Waals surface area contributed by atoms with Crippen LogP contribution in [-0.2, 0) is 4.79 Å². The molecule has 1 atom stereocenters. The fraction of sp³-hybridized carbons (Fsp3) is 0.320. The van der Waals surface area contributed by atoms with Crippen LogP contribution in [-0.4, -0.2) is 27.2 Å². The number of halogens is 2. The summed E-state index contributed by atoms with van der Waals surface area (Å²) in [6.07, 6.45) is 1.19. The third kappa shape index (κ3) is 3.91. The summed E-state index contributed by atoms with van der Waals surface area (Å²) in [6, 6.07) is 12.6. The second kappa shape index (κ2) is 8.19. The number of nitrogens with zero attached hydrogens (tertiary/aromatic N) is 3. The molecule has 0 fully saturated rings. The van der Waals surface area contributed by atoms with Crippen LogP contribution in [0.2, 0.25) is 10.0 Å². The molecule has 3 aromatic rings. The van der Waals surface area contributed by atoms with Crippen molar-refractivity contribution in [3.63, 3.8) is 0 Å². The molecule has 1 unspecified atom stereocenters. The second-order valence-electron chi connectivity index (χ2n) is 9.16. The first kappa shape index (κ1) is 22.0. The predicted molar refractivity (Wildman–Crippen MR) is 130 cm³/mol. The van der Waals surface area contributed by atoms with Crippen LogP contribution >= 0.6 is 23.2 Å². The molecule has 0 radical (unpaired) electrons. The maximum Gasteiger partial charge on any atom is 0.226 e. The summed E-state index contributed by atoms with van der Waals surface area (Å²) in [5, 5.41) is 9.04. The Morgan fingerprint density at radius 3 is 2.64 bits per heavy atom. The van der Waals surface area contributed by atoms with Gasteiger partial charge < -0.3 is 10.1 Å². The maximum absolute atomic E-state index is 13.4. The number of carbonyl (C=O) groups is 1. The minimum atomic E-state index is -0.505. The van der Waals surface area contributed by atoms with Gasteiger partial charge >= 0.3 is 0 Å². The van der Waals surface area contributed by atoms with Gasteiger partial charge in [0.05, 0.1) is 16.7 Å². The summed E-state index contributed by atoms with van der Waals surface area (Å²) in [4.78, 5) is 18.1. The number of rotatable bonds is 4. The molecule has 0 spiro atoms. The molecular formula is C25H24Cl2N4O2. The number of benzene rings is 2. The molecule has 0 saturated heterocycles. The molecule has 2 aromatic carbocycles. The number of carbonyl (C=O) groups excluding carboxylic acids is 1. The Hall–Kier alpha value is -2.83. The van der Waals surface area contributed by atoms with Crippen LogP contribution in [0.25, 0.3) is 11.4 Å². The topological polar surface area (TPSA) is 69.0 Å². The summed E-state index contributed by atoms with van der Waals surface area (Å²) < 4.78 is 7.29. The van der Waals surface area contributed by atoms with E-state index in [9.17, 15) is 4.79 Å². The van der Waals surface area contributed by atoms with Crippen molar-refractivity contribution in [1.82, 2.24) is 14.8 Å². The molecule has 6 nitrogen and oxygen atoms in total. The van der Waals surface area contributed by atoms with Gasteiger partial charge in [-0.1, -0.05) is 49.2 Å². The molecule has 5 rings (SSSR count). The summed E-state index contributed by atoms with van der Waals surface area (Å²) in [5.41, 5.74) is 2.98. The predicted octanol–water partition coefficient (Wildman–Crippen LogP) is 6.31. The molecule has 170 valence electrons. The lowest BCUT2D eigenvalue weighted by Gasteiger charge is -2.38. The van der Waals surface area contributed by atoms with Gasteiger partial charge in [-0.05, 0) is 49.1 Å². The van der Waals surface area contributed by atoms with Crippen molar-refractivity contribution < 1.29 is 9.53 Å². The molecule has 1 aliphatic heterocycles. The van der Waals surface area contributed by atoms with Crippen LogP contribution in [0.15, 0.2) is 53.7 Å². The van der Waals surface area contributed by atoms with E-state index in [0.717, 1.165) is 29.0 Å². The highest BCUT2D eigenvalue weighted by Gasteiger charge is 2.42. The van der Waals surface area contributed by atoms with Gasteiger partial charge in [0.25, 0.3) is 0 Å². The zero-order chi connectivity index (χ0) is 23.3. The average Bonchev–Trinajstić information content (AvgIpc) is 3.18. The standard InChI is InChI=1S/C25H24Cl2N4O2/c1-4-33-15-10-8-14(9-11-15)23-29-24-28-18-12-25(2,3)13-19(32)20(18)22(31(24)30-23)16-6-5-7-17(26)21(16)27/h5-11,22H,4,12-13H2,1-3H3,(H,28,29,30). The minimum absolute atomic E-state index is 0.0820. The smallest absolute Gasteiger partial charge is 0.226 e. The largest absolute Gasteiger partial charge is 0.494 e. The van der Waals surface area contributed by atoms with Gasteiger partial charge in [0.2, 0.25) is 5.95 Å². The highest BCUT2D eigenvalue weighted by Crippen LogP contribution is 2.47. The van der Waals surface area contributed by atoms with Gasteiger partial charge in [0.15, 0.2) is 11.6 Å². The number of fused-ring (bicyclic) bond motifs is 1. The Morgan fingerprint density at radius 1 is 1.15 bits per heavy atom.